The van der Waals surface area contributed by atoms with Crippen LogP contribution in [0.3, 0.4) is 0 Å². The molecule has 4 aromatic carbocycles. The molecule has 0 bridgehead atoms. The summed E-state index contributed by atoms with van der Waals surface area (Å²) in [5.74, 6) is 0. The summed E-state index contributed by atoms with van der Waals surface area (Å²) < 4.78 is 3.32. The Balaban J connectivity index is 0.00000193. The van der Waals surface area contributed by atoms with Crippen LogP contribution in [0.15, 0.2) is 96.1 Å². The molecule has 1 saturated carbocycles. The van der Waals surface area contributed by atoms with Crippen LogP contribution in [0, 0.1) is 0 Å². The summed E-state index contributed by atoms with van der Waals surface area (Å²) in [4.78, 5) is 0. The summed E-state index contributed by atoms with van der Waals surface area (Å²) in [6.45, 7) is 9.54. The zero-order valence-electron chi connectivity index (χ0n) is 28.5. The van der Waals surface area contributed by atoms with E-state index in [-0.39, 0.29) is 24.8 Å². The molecule has 242 valence electrons. The van der Waals surface area contributed by atoms with E-state index < -0.39 is 16.6 Å². The van der Waals surface area contributed by atoms with E-state index in [0.717, 1.165) is 21.3 Å². The van der Waals surface area contributed by atoms with Gasteiger partial charge in [0.2, 0.25) is 0 Å². The fourth-order valence-corrected chi connectivity index (χ4v) is 24.6. The summed E-state index contributed by atoms with van der Waals surface area (Å²) in [7, 11) is 0. The third-order valence-electron chi connectivity index (χ3n) is 12.1. The molecule has 1 aliphatic heterocycles. The largest absolute Gasteiger partial charge is 1.00 e. The second-order valence-corrected chi connectivity index (χ2v) is 21.9. The Morgan fingerprint density at radius 3 is 1.34 bits per heavy atom. The molecule has 8 rings (SSSR count). The number of halogens is 2. The SMILES string of the molecule is CCCc1ccc(-c2cccc3c2C=C(C)[CH]3[Ti+2]2([CH]3C(C)=Cc4c(-c5ccc(CCC)cc5)cccc43)[CH]3CCCC[CH]32)cc1.[Cl-].[Cl-]. The minimum absolute atomic E-state index is 0. The fourth-order valence-electron chi connectivity index (χ4n) is 10.5. The molecule has 3 aliphatic carbocycles. The van der Waals surface area contributed by atoms with Gasteiger partial charge in [-0.1, -0.05) is 0 Å². The summed E-state index contributed by atoms with van der Waals surface area (Å²) in [5.41, 5.74) is 18.2. The van der Waals surface area contributed by atoms with E-state index in [4.69, 9.17) is 0 Å². The Bertz CT molecular complexity index is 1680. The van der Waals surface area contributed by atoms with Crippen molar-refractivity contribution in [2.75, 3.05) is 0 Å². The van der Waals surface area contributed by atoms with Crippen molar-refractivity contribution >= 4 is 12.2 Å². The fraction of sp³-hybridized carbons (Fsp3) is 0.364. The first-order valence-electron chi connectivity index (χ1n) is 17.9. The van der Waals surface area contributed by atoms with Crippen LogP contribution in [0.2, 0.25) is 8.45 Å². The van der Waals surface area contributed by atoms with Gasteiger partial charge in [0.05, 0.1) is 0 Å². The molecule has 3 heteroatoms. The van der Waals surface area contributed by atoms with Gasteiger partial charge in [-0.2, -0.15) is 0 Å². The van der Waals surface area contributed by atoms with E-state index in [9.17, 15) is 0 Å². The second kappa shape index (κ2) is 13.9. The van der Waals surface area contributed by atoms with Crippen molar-refractivity contribution in [1.82, 2.24) is 0 Å². The van der Waals surface area contributed by atoms with Gasteiger partial charge in [0.1, 0.15) is 0 Å². The molecular weight excluding hydrogens is 647 g/mol. The van der Waals surface area contributed by atoms with E-state index in [1.165, 1.54) is 83.0 Å². The number of rotatable bonds is 8. The molecule has 0 spiro atoms. The zero-order chi connectivity index (χ0) is 30.7. The summed E-state index contributed by atoms with van der Waals surface area (Å²) >= 11 is -2.57. The van der Waals surface area contributed by atoms with E-state index in [1.807, 2.05) is 0 Å². The van der Waals surface area contributed by atoms with Crippen molar-refractivity contribution in [1.29, 1.82) is 0 Å². The number of aryl methyl sites for hydroxylation is 2. The van der Waals surface area contributed by atoms with E-state index in [2.05, 4.69) is 125 Å². The van der Waals surface area contributed by atoms with Crippen molar-refractivity contribution in [2.45, 2.75) is 96.0 Å². The first-order valence-corrected chi connectivity index (χ1v) is 21.5. The monoisotopic (exact) mass is 694 g/mol. The van der Waals surface area contributed by atoms with Gasteiger partial charge in [0.15, 0.2) is 0 Å². The molecule has 0 radical (unpaired) electrons. The van der Waals surface area contributed by atoms with E-state index in [0.29, 0.717) is 8.45 Å². The van der Waals surface area contributed by atoms with Gasteiger partial charge in [-0.05, 0) is 0 Å². The first kappa shape index (κ1) is 34.5. The number of allylic oxidation sites excluding steroid dienone is 2. The van der Waals surface area contributed by atoms with E-state index >= 15 is 0 Å². The van der Waals surface area contributed by atoms with E-state index in [1.54, 1.807) is 22.3 Å². The molecule has 1 saturated heterocycles. The number of benzene rings is 4. The van der Waals surface area contributed by atoms with Crippen LogP contribution in [0.1, 0.15) is 108 Å². The number of hydrogen-bond donors (Lipinski definition) is 0. The van der Waals surface area contributed by atoms with Crippen LogP contribution in [0.25, 0.3) is 34.4 Å². The van der Waals surface area contributed by atoms with Gasteiger partial charge in [0, 0.05) is 0 Å². The van der Waals surface area contributed by atoms with Gasteiger partial charge in [-0.15, -0.1) is 0 Å². The average molecular weight is 696 g/mol. The third-order valence-corrected chi connectivity index (χ3v) is 23.2. The van der Waals surface area contributed by atoms with Crippen LogP contribution in [-0.2, 0) is 29.4 Å². The molecule has 1 heterocycles. The maximum atomic E-state index is 2.62. The molecule has 0 nitrogen and oxygen atoms in total. The van der Waals surface area contributed by atoms with Crippen LogP contribution < -0.4 is 24.8 Å². The van der Waals surface area contributed by atoms with Crippen molar-refractivity contribution in [3.8, 4) is 22.3 Å². The number of fused-ring (bicyclic) bond motifs is 3. The predicted molar refractivity (Wildman–Crippen MR) is 190 cm³/mol. The smallest absolute Gasteiger partial charge is 1.00 e. The molecule has 4 unspecified atom stereocenters. The molecule has 4 atom stereocenters. The van der Waals surface area contributed by atoms with Crippen molar-refractivity contribution in [3.63, 3.8) is 0 Å². The first-order chi connectivity index (χ1) is 22.1. The Morgan fingerprint density at radius 2 is 0.957 bits per heavy atom. The van der Waals surface area contributed by atoms with Crippen molar-refractivity contribution in [3.05, 3.63) is 129 Å². The van der Waals surface area contributed by atoms with Crippen molar-refractivity contribution in [2.24, 2.45) is 0 Å². The standard InChI is InChI=1S/2C19H19.C6H10.2ClH.Ti/c2*1-3-5-15-8-10-16(11-9-15)18-7-4-6-17-12-14(2)13-19(17)18;1-2-4-6-5-3-1;;;/h2*4,6-13H,3,5H2,1-2H3;1-2H,3-6H2;2*1H;/q;;;;;+2/p-2. The molecule has 0 N–H and O–H groups in total. The molecule has 0 amide bonds. The average Bonchev–Trinajstić information content (AvgIpc) is 3.37. The Kier molecular flexibility index (Phi) is 10.2. The molecular formula is C44H48Cl2Ti. The normalized spacial score (nSPS) is 23.7. The van der Waals surface area contributed by atoms with Crippen LogP contribution in [0.4, 0.5) is 0 Å². The van der Waals surface area contributed by atoms with Crippen LogP contribution in [-0.4, -0.2) is 0 Å². The zero-order valence-corrected chi connectivity index (χ0v) is 31.5. The summed E-state index contributed by atoms with van der Waals surface area (Å²) in [5, 5.41) is 0. The molecule has 4 aliphatic rings. The van der Waals surface area contributed by atoms with Gasteiger partial charge in [-0.3, -0.25) is 0 Å². The van der Waals surface area contributed by atoms with Gasteiger partial charge in [0.25, 0.3) is 0 Å². The van der Waals surface area contributed by atoms with Gasteiger partial charge < -0.3 is 24.8 Å². The van der Waals surface area contributed by atoms with Gasteiger partial charge in [-0.25, -0.2) is 0 Å². The molecule has 4 aromatic rings. The van der Waals surface area contributed by atoms with Crippen molar-refractivity contribution < 1.29 is 41.4 Å². The Hall–Kier alpha value is -2.35. The van der Waals surface area contributed by atoms with Crippen LogP contribution >= 0.6 is 0 Å². The predicted octanol–water partition coefficient (Wildman–Crippen LogP) is 6.87. The molecule has 47 heavy (non-hydrogen) atoms. The number of hydrogen-bond acceptors (Lipinski definition) is 0. The molecule has 2 fully saturated rings. The summed E-state index contributed by atoms with van der Waals surface area (Å²) in [6, 6.07) is 33.5. The minimum Gasteiger partial charge on any atom is -1.00 e. The second-order valence-electron chi connectivity index (χ2n) is 14.7. The Labute approximate surface area is 299 Å². The van der Waals surface area contributed by atoms with Gasteiger partial charge >= 0.3 is 276 Å². The maximum absolute atomic E-state index is 2.62. The summed E-state index contributed by atoms with van der Waals surface area (Å²) in [6.07, 6.45) is 15.8. The quantitative estimate of drug-likeness (QED) is 0.177. The van der Waals surface area contributed by atoms with Crippen LogP contribution in [0.5, 0.6) is 0 Å². The Morgan fingerprint density at radius 1 is 0.553 bits per heavy atom. The third kappa shape index (κ3) is 5.57. The topological polar surface area (TPSA) is 0 Å². The minimum atomic E-state index is -2.57. The maximum Gasteiger partial charge on any atom is -1.00 e. The molecule has 0 aromatic heterocycles.